The molecule has 2 aliphatic rings. The van der Waals surface area contributed by atoms with E-state index >= 15 is 0 Å². The number of rotatable bonds is 5. The average molecular weight is 401 g/mol. The van der Waals surface area contributed by atoms with Crippen molar-refractivity contribution in [3.8, 4) is 11.5 Å². The van der Waals surface area contributed by atoms with Crippen molar-refractivity contribution < 1.29 is 22.6 Å². The first-order valence-electron chi connectivity index (χ1n) is 9.79. The molecule has 0 aromatic heterocycles. The molecule has 152 valence electrons. The fourth-order valence-electron chi connectivity index (χ4n) is 3.71. The van der Waals surface area contributed by atoms with E-state index in [1.165, 1.54) is 17.7 Å². The Morgan fingerprint density at radius 3 is 2.48 bits per heavy atom. The summed E-state index contributed by atoms with van der Waals surface area (Å²) in [6.45, 7) is 3.08. The van der Waals surface area contributed by atoms with Crippen molar-refractivity contribution in [2.45, 2.75) is 38.3 Å². The van der Waals surface area contributed by atoms with E-state index in [1.807, 2.05) is 12.1 Å². The number of fused-ring (bicyclic) bond motifs is 2. The predicted molar refractivity (Wildman–Crippen MR) is 107 cm³/mol. The fourth-order valence-corrected chi connectivity index (χ4v) is 3.71. The average Bonchev–Trinajstić information content (AvgIpc) is 3.16. The van der Waals surface area contributed by atoms with Crippen molar-refractivity contribution in [1.82, 2.24) is 0 Å². The summed E-state index contributed by atoms with van der Waals surface area (Å²) in [7, 11) is 0. The standard InChI is InChI=1S/C23H22F3NO2/c1-2-3-4-16-13-27-20(19-12-22-21(11-18(16)19)28-14-29-22)10-7-15-5-8-17(9-6-15)23(24,25)26/h5-12,16H,2-4,13-14H2,1H3. The van der Waals surface area contributed by atoms with Crippen molar-refractivity contribution in [2.75, 3.05) is 13.3 Å². The molecule has 0 saturated heterocycles. The number of hydrogen-bond acceptors (Lipinski definition) is 3. The van der Waals surface area contributed by atoms with Gasteiger partial charge in [-0.25, -0.2) is 0 Å². The number of halogens is 3. The lowest BCUT2D eigenvalue weighted by molar-refractivity contribution is -0.137. The van der Waals surface area contributed by atoms with Crippen LogP contribution in [0.15, 0.2) is 47.5 Å². The molecule has 2 heterocycles. The van der Waals surface area contributed by atoms with Crippen LogP contribution >= 0.6 is 0 Å². The van der Waals surface area contributed by atoms with Crippen LogP contribution in [-0.4, -0.2) is 19.0 Å². The SMILES string of the molecule is CCCCC1CN=C(C=Cc2ccc(C(F)(F)F)cc2)c2cc3c(cc21)OCO3. The van der Waals surface area contributed by atoms with Gasteiger partial charge in [0, 0.05) is 18.0 Å². The summed E-state index contributed by atoms with van der Waals surface area (Å²) >= 11 is 0. The molecule has 4 rings (SSSR count). The predicted octanol–water partition coefficient (Wildman–Crippen LogP) is 6.22. The number of alkyl halides is 3. The zero-order valence-electron chi connectivity index (χ0n) is 16.1. The van der Waals surface area contributed by atoms with Crippen LogP contribution < -0.4 is 9.47 Å². The second-order valence-electron chi connectivity index (χ2n) is 7.31. The molecular formula is C23H22F3NO2. The molecule has 2 aromatic carbocycles. The third-order valence-corrected chi connectivity index (χ3v) is 5.32. The van der Waals surface area contributed by atoms with Gasteiger partial charge in [0.25, 0.3) is 0 Å². The second kappa shape index (κ2) is 7.93. The summed E-state index contributed by atoms with van der Waals surface area (Å²) in [6, 6.07) is 9.13. The fraction of sp³-hybridized carbons (Fsp3) is 0.348. The summed E-state index contributed by atoms with van der Waals surface area (Å²) in [5.41, 5.74) is 3.05. The number of hydrogen-bond donors (Lipinski definition) is 0. The maximum atomic E-state index is 12.7. The van der Waals surface area contributed by atoms with E-state index in [9.17, 15) is 13.2 Å². The molecule has 2 aliphatic heterocycles. The summed E-state index contributed by atoms with van der Waals surface area (Å²) in [5.74, 6) is 1.80. The van der Waals surface area contributed by atoms with E-state index in [1.54, 1.807) is 6.08 Å². The van der Waals surface area contributed by atoms with Crippen LogP contribution in [-0.2, 0) is 6.18 Å². The van der Waals surface area contributed by atoms with Crippen LogP contribution in [0.4, 0.5) is 13.2 Å². The molecule has 0 saturated carbocycles. The van der Waals surface area contributed by atoms with E-state index in [-0.39, 0.29) is 6.79 Å². The molecule has 29 heavy (non-hydrogen) atoms. The van der Waals surface area contributed by atoms with Crippen molar-refractivity contribution in [2.24, 2.45) is 4.99 Å². The highest BCUT2D eigenvalue weighted by Gasteiger charge is 2.30. The number of aliphatic imine (C=N–C) groups is 1. The Morgan fingerprint density at radius 2 is 1.79 bits per heavy atom. The van der Waals surface area contributed by atoms with Crippen LogP contribution in [0.25, 0.3) is 6.08 Å². The van der Waals surface area contributed by atoms with Gasteiger partial charge in [-0.05, 0) is 47.9 Å². The molecular weight excluding hydrogens is 379 g/mol. The molecule has 3 nitrogen and oxygen atoms in total. The van der Waals surface area contributed by atoms with Gasteiger partial charge in [-0.3, -0.25) is 4.99 Å². The summed E-state index contributed by atoms with van der Waals surface area (Å²) in [4.78, 5) is 4.76. The van der Waals surface area contributed by atoms with Crippen LogP contribution in [0.1, 0.15) is 54.4 Å². The van der Waals surface area contributed by atoms with Gasteiger partial charge in [-0.15, -0.1) is 0 Å². The Balaban J connectivity index is 1.61. The second-order valence-corrected chi connectivity index (χ2v) is 7.31. The normalized spacial score (nSPS) is 18.1. The molecule has 0 N–H and O–H groups in total. The van der Waals surface area contributed by atoms with E-state index in [4.69, 9.17) is 14.5 Å². The van der Waals surface area contributed by atoms with Crippen molar-refractivity contribution >= 4 is 11.8 Å². The van der Waals surface area contributed by atoms with Gasteiger partial charge in [0.05, 0.1) is 11.3 Å². The molecule has 0 spiro atoms. The van der Waals surface area contributed by atoms with Crippen molar-refractivity contribution in [1.29, 1.82) is 0 Å². The van der Waals surface area contributed by atoms with Crippen LogP contribution in [0.5, 0.6) is 11.5 Å². The lowest BCUT2D eigenvalue weighted by atomic mass is 9.85. The molecule has 2 aromatic rings. The van der Waals surface area contributed by atoms with E-state index in [0.717, 1.165) is 48.4 Å². The first-order chi connectivity index (χ1) is 14.0. The Bertz CT molecular complexity index is 946. The number of allylic oxidation sites excluding steroid dienone is 1. The maximum absolute atomic E-state index is 12.7. The van der Waals surface area contributed by atoms with Gasteiger partial charge in [-0.2, -0.15) is 13.2 Å². The maximum Gasteiger partial charge on any atom is 0.416 e. The first kappa shape index (κ1) is 19.6. The lowest BCUT2D eigenvalue weighted by Gasteiger charge is -2.24. The Labute approximate surface area is 167 Å². The number of unbranched alkanes of at least 4 members (excludes halogenated alkanes) is 1. The quantitative estimate of drug-likeness (QED) is 0.595. The summed E-state index contributed by atoms with van der Waals surface area (Å²) in [5, 5.41) is 0. The van der Waals surface area contributed by atoms with Gasteiger partial charge in [0.15, 0.2) is 11.5 Å². The highest BCUT2D eigenvalue weighted by Crippen LogP contribution is 2.40. The van der Waals surface area contributed by atoms with Crippen molar-refractivity contribution in [3.63, 3.8) is 0 Å². The number of benzene rings is 2. The number of ether oxygens (including phenoxy) is 2. The Hall–Kier alpha value is -2.76. The van der Waals surface area contributed by atoms with Crippen molar-refractivity contribution in [3.05, 3.63) is 64.7 Å². The van der Waals surface area contributed by atoms with Crippen LogP contribution in [0, 0.1) is 0 Å². The van der Waals surface area contributed by atoms with Gasteiger partial charge < -0.3 is 9.47 Å². The van der Waals surface area contributed by atoms with E-state index in [0.29, 0.717) is 23.8 Å². The van der Waals surface area contributed by atoms with Gasteiger partial charge in [0.1, 0.15) is 0 Å². The first-order valence-corrected chi connectivity index (χ1v) is 9.79. The molecule has 0 amide bonds. The molecule has 0 fully saturated rings. The van der Waals surface area contributed by atoms with Crippen LogP contribution in [0.2, 0.25) is 0 Å². The Morgan fingerprint density at radius 1 is 1.07 bits per heavy atom. The third-order valence-electron chi connectivity index (χ3n) is 5.32. The zero-order valence-corrected chi connectivity index (χ0v) is 16.1. The minimum absolute atomic E-state index is 0.214. The summed E-state index contributed by atoms with van der Waals surface area (Å²) in [6.07, 6.45) is 2.64. The molecule has 0 bridgehead atoms. The minimum Gasteiger partial charge on any atom is -0.454 e. The largest absolute Gasteiger partial charge is 0.454 e. The highest BCUT2D eigenvalue weighted by molar-refractivity contribution is 6.12. The molecule has 0 radical (unpaired) electrons. The summed E-state index contributed by atoms with van der Waals surface area (Å²) < 4.78 is 49.3. The number of nitrogens with zero attached hydrogens (tertiary/aromatic N) is 1. The monoisotopic (exact) mass is 401 g/mol. The molecule has 1 atom stereocenters. The molecule has 1 unspecified atom stereocenters. The minimum atomic E-state index is -4.33. The molecule has 0 aliphatic carbocycles. The highest BCUT2D eigenvalue weighted by atomic mass is 19.4. The molecule has 6 heteroatoms. The Kier molecular flexibility index (Phi) is 5.35. The van der Waals surface area contributed by atoms with Crippen LogP contribution in [0.3, 0.4) is 0 Å². The van der Waals surface area contributed by atoms with Gasteiger partial charge in [0.2, 0.25) is 6.79 Å². The smallest absolute Gasteiger partial charge is 0.416 e. The third kappa shape index (κ3) is 4.16. The zero-order chi connectivity index (χ0) is 20.4. The van der Waals surface area contributed by atoms with E-state index < -0.39 is 11.7 Å². The van der Waals surface area contributed by atoms with E-state index in [2.05, 4.69) is 13.0 Å². The topological polar surface area (TPSA) is 30.8 Å². The van der Waals surface area contributed by atoms with Gasteiger partial charge in [-0.1, -0.05) is 38.0 Å². The lowest BCUT2D eigenvalue weighted by Crippen LogP contribution is -2.16. The van der Waals surface area contributed by atoms with Gasteiger partial charge >= 0.3 is 6.18 Å².